The molecule has 0 saturated heterocycles. The van der Waals surface area contributed by atoms with Crippen LogP contribution in [0.25, 0.3) is 0 Å². The highest BCUT2D eigenvalue weighted by atomic mass is 35.5. The molecule has 0 spiro atoms. The van der Waals surface area contributed by atoms with Gasteiger partial charge in [-0.25, -0.2) is 4.39 Å². The number of nitrogens with one attached hydrogen (secondary N) is 1. The van der Waals surface area contributed by atoms with E-state index in [-0.39, 0.29) is 24.1 Å². The minimum Gasteiger partial charge on any atom is -0.354 e. The summed E-state index contributed by atoms with van der Waals surface area (Å²) in [7, 11) is 0. The van der Waals surface area contributed by atoms with Crippen LogP contribution in [0.15, 0.2) is 83.8 Å². The van der Waals surface area contributed by atoms with E-state index in [2.05, 4.69) is 5.32 Å². The lowest BCUT2D eigenvalue weighted by molar-refractivity contribution is -0.139. The lowest BCUT2D eigenvalue weighted by Gasteiger charge is -2.31. The summed E-state index contributed by atoms with van der Waals surface area (Å²) in [5.74, 6) is -0.775. The Morgan fingerprint density at radius 2 is 1.68 bits per heavy atom. The van der Waals surface area contributed by atoms with Crippen molar-refractivity contribution in [2.45, 2.75) is 37.2 Å². The van der Waals surface area contributed by atoms with E-state index in [1.54, 1.807) is 30.3 Å². The Hall–Kier alpha value is -2.83. The molecule has 4 nitrogen and oxygen atoms in total. The monoisotopic (exact) mass is 498 g/mol. The molecule has 0 fully saturated rings. The smallest absolute Gasteiger partial charge is 0.243 e. The number of halogens is 2. The Morgan fingerprint density at radius 1 is 1.00 bits per heavy atom. The fourth-order valence-electron chi connectivity index (χ4n) is 3.49. The molecule has 0 aliphatic rings. The van der Waals surface area contributed by atoms with Crippen LogP contribution in [-0.2, 0) is 22.6 Å². The fourth-order valence-corrected chi connectivity index (χ4v) is 4.40. The molecule has 3 aromatic carbocycles. The summed E-state index contributed by atoms with van der Waals surface area (Å²) < 4.78 is 14.5. The number of carbonyl (C=O) groups excluding carboxylic acids is 2. The van der Waals surface area contributed by atoms with E-state index in [1.165, 1.54) is 22.7 Å². The molecular weight excluding hydrogens is 471 g/mol. The lowest BCUT2D eigenvalue weighted by atomic mass is 10.0. The van der Waals surface area contributed by atoms with E-state index >= 15 is 0 Å². The summed E-state index contributed by atoms with van der Waals surface area (Å²) in [6, 6.07) is 22.3. The molecule has 0 aromatic heterocycles. The molecule has 0 bridgehead atoms. The number of rotatable bonds is 11. The topological polar surface area (TPSA) is 49.4 Å². The Balaban J connectivity index is 1.89. The van der Waals surface area contributed by atoms with E-state index in [0.717, 1.165) is 16.9 Å². The van der Waals surface area contributed by atoms with Gasteiger partial charge in [0.1, 0.15) is 11.9 Å². The van der Waals surface area contributed by atoms with Gasteiger partial charge in [0.2, 0.25) is 11.8 Å². The molecule has 3 aromatic rings. The third-order valence-electron chi connectivity index (χ3n) is 5.29. The number of thioether (sulfide) groups is 1. The van der Waals surface area contributed by atoms with Gasteiger partial charge in [-0.1, -0.05) is 67.1 Å². The average molecular weight is 499 g/mol. The summed E-state index contributed by atoms with van der Waals surface area (Å²) in [6.45, 7) is 2.48. The first-order valence-electron chi connectivity index (χ1n) is 11.2. The van der Waals surface area contributed by atoms with Crippen LogP contribution in [0.1, 0.15) is 24.5 Å². The van der Waals surface area contributed by atoms with Crippen LogP contribution in [0, 0.1) is 5.82 Å². The average Bonchev–Trinajstić information content (AvgIpc) is 2.85. The Morgan fingerprint density at radius 3 is 2.35 bits per heavy atom. The molecule has 34 heavy (non-hydrogen) atoms. The van der Waals surface area contributed by atoms with Crippen molar-refractivity contribution in [3.63, 3.8) is 0 Å². The van der Waals surface area contributed by atoms with Crippen LogP contribution in [0.2, 0.25) is 5.02 Å². The van der Waals surface area contributed by atoms with Crippen LogP contribution in [0.4, 0.5) is 4.39 Å². The predicted molar refractivity (Wildman–Crippen MR) is 136 cm³/mol. The van der Waals surface area contributed by atoms with Crippen LogP contribution in [0.3, 0.4) is 0 Å². The molecule has 0 aliphatic heterocycles. The van der Waals surface area contributed by atoms with Crippen LogP contribution < -0.4 is 5.32 Å². The van der Waals surface area contributed by atoms with Crippen molar-refractivity contribution in [2.75, 3.05) is 12.3 Å². The molecule has 0 saturated carbocycles. The molecule has 0 aliphatic carbocycles. The molecule has 1 unspecified atom stereocenters. The van der Waals surface area contributed by atoms with Crippen molar-refractivity contribution in [1.82, 2.24) is 10.2 Å². The van der Waals surface area contributed by atoms with Crippen LogP contribution in [-0.4, -0.2) is 35.1 Å². The van der Waals surface area contributed by atoms with Gasteiger partial charge in [-0.05, 0) is 42.3 Å². The molecule has 3 rings (SSSR count). The molecule has 2 amide bonds. The molecule has 0 radical (unpaired) electrons. The standard InChI is InChI=1S/C27H28ClFN2O2S/c1-2-16-30-27(33)25(17-20-8-4-3-5-9-20)31(18-21-10-6-7-11-24(21)29)26(32)19-34-23-14-12-22(28)13-15-23/h3-15,25H,2,16-19H2,1H3,(H,30,33). The first-order valence-corrected chi connectivity index (χ1v) is 12.6. The second kappa shape index (κ2) is 13.2. The van der Waals surface area contributed by atoms with Gasteiger partial charge in [0.05, 0.1) is 5.75 Å². The van der Waals surface area contributed by atoms with Crippen molar-refractivity contribution in [1.29, 1.82) is 0 Å². The summed E-state index contributed by atoms with van der Waals surface area (Å²) in [4.78, 5) is 29.1. The highest BCUT2D eigenvalue weighted by molar-refractivity contribution is 8.00. The number of hydrogen-bond acceptors (Lipinski definition) is 3. The predicted octanol–water partition coefficient (Wildman–Crippen LogP) is 5.74. The number of benzene rings is 3. The van der Waals surface area contributed by atoms with Crippen molar-refractivity contribution >= 4 is 35.2 Å². The van der Waals surface area contributed by atoms with Crippen molar-refractivity contribution in [2.24, 2.45) is 0 Å². The van der Waals surface area contributed by atoms with E-state index in [9.17, 15) is 14.0 Å². The van der Waals surface area contributed by atoms with Crippen molar-refractivity contribution in [3.8, 4) is 0 Å². The minimum absolute atomic E-state index is 0.00370. The second-order valence-corrected chi connectivity index (χ2v) is 9.34. The van der Waals surface area contributed by atoms with E-state index in [0.29, 0.717) is 23.6 Å². The van der Waals surface area contributed by atoms with E-state index in [4.69, 9.17) is 11.6 Å². The summed E-state index contributed by atoms with van der Waals surface area (Å²) in [5.41, 5.74) is 1.30. The number of carbonyl (C=O) groups is 2. The molecule has 1 atom stereocenters. The number of hydrogen-bond donors (Lipinski definition) is 1. The van der Waals surface area contributed by atoms with Gasteiger partial charge < -0.3 is 10.2 Å². The molecule has 1 N–H and O–H groups in total. The van der Waals surface area contributed by atoms with Gasteiger partial charge in [-0.15, -0.1) is 11.8 Å². The maximum atomic E-state index is 14.5. The first-order chi connectivity index (χ1) is 16.5. The van der Waals surface area contributed by atoms with Gasteiger partial charge in [-0.3, -0.25) is 9.59 Å². The highest BCUT2D eigenvalue weighted by Gasteiger charge is 2.30. The van der Waals surface area contributed by atoms with Gasteiger partial charge in [0.15, 0.2) is 0 Å². The summed E-state index contributed by atoms with van der Waals surface area (Å²) in [6.07, 6.45) is 1.11. The SMILES string of the molecule is CCCNC(=O)C(Cc1ccccc1)N(Cc1ccccc1F)C(=O)CSc1ccc(Cl)cc1. The summed E-state index contributed by atoms with van der Waals surface area (Å²) >= 11 is 7.32. The maximum Gasteiger partial charge on any atom is 0.243 e. The third-order valence-corrected chi connectivity index (χ3v) is 6.54. The fraction of sp³-hybridized carbons (Fsp3) is 0.259. The number of amides is 2. The minimum atomic E-state index is -0.771. The Bertz CT molecular complexity index is 1080. The first kappa shape index (κ1) is 25.8. The zero-order valence-electron chi connectivity index (χ0n) is 19.0. The number of nitrogens with zero attached hydrogens (tertiary/aromatic N) is 1. The van der Waals surface area contributed by atoms with Crippen molar-refractivity contribution in [3.05, 3.63) is 101 Å². The normalized spacial score (nSPS) is 11.6. The second-order valence-electron chi connectivity index (χ2n) is 7.85. The van der Waals surface area contributed by atoms with Crippen LogP contribution >= 0.6 is 23.4 Å². The molecule has 7 heteroatoms. The van der Waals surface area contributed by atoms with Gasteiger partial charge in [0, 0.05) is 35.0 Å². The van der Waals surface area contributed by atoms with Crippen molar-refractivity contribution < 1.29 is 14.0 Å². The quantitative estimate of drug-likeness (QED) is 0.343. The van der Waals surface area contributed by atoms with Gasteiger partial charge in [-0.2, -0.15) is 0 Å². The molecular formula is C27H28ClFN2O2S. The summed E-state index contributed by atoms with van der Waals surface area (Å²) in [5, 5.41) is 3.54. The largest absolute Gasteiger partial charge is 0.354 e. The van der Waals surface area contributed by atoms with Gasteiger partial charge >= 0.3 is 0 Å². The van der Waals surface area contributed by atoms with Crippen LogP contribution in [0.5, 0.6) is 0 Å². The zero-order chi connectivity index (χ0) is 24.3. The van der Waals surface area contributed by atoms with E-state index in [1.807, 2.05) is 49.4 Å². The maximum absolute atomic E-state index is 14.5. The molecule has 0 heterocycles. The van der Waals surface area contributed by atoms with Gasteiger partial charge in [0.25, 0.3) is 0 Å². The highest BCUT2D eigenvalue weighted by Crippen LogP contribution is 2.23. The Labute approximate surface area is 209 Å². The molecule has 178 valence electrons. The third kappa shape index (κ3) is 7.61. The Kier molecular flexibility index (Phi) is 9.98. The zero-order valence-corrected chi connectivity index (χ0v) is 20.6. The lowest BCUT2D eigenvalue weighted by Crippen LogP contribution is -2.51. The van der Waals surface area contributed by atoms with E-state index < -0.39 is 11.9 Å².